The Kier molecular flexibility index (Phi) is 34.7. The minimum absolute atomic E-state index is 0.000691. The summed E-state index contributed by atoms with van der Waals surface area (Å²) in [6.45, 7) is 3.97. The van der Waals surface area contributed by atoms with Crippen molar-refractivity contribution in [2.24, 2.45) is 0 Å². The molecule has 0 heterocycles. The van der Waals surface area contributed by atoms with E-state index in [0.717, 1.165) is 70.6 Å². The highest BCUT2D eigenvalue weighted by molar-refractivity contribution is 7.47. The van der Waals surface area contributed by atoms with Crippen LogP contribution >= 0.6 is 7.82 Å². The molecule has 2 atom stereocenters. The fourth-order valence-electron chi connectivity index (χ4n) is 4.77. The molecule has 0 saturated heterocycles. The number of likely N-dealkylation sites (N-methyl/N-ethyl adjacent to an activating group) is 1. The van der Waals surface area contributed by atoms with Gasteiger partial charge in [0.15, 0.2) is 11.9 Å². The van der Waals surface area contributed by atoms with Crippen molar-refractivity contribution in [1.82, 2.24) is 0 Å². The summed E-state index contributed by atoms with van der Waals surface area (Å²) in [4.78, 5) is 47.0. The number of hydrogen-bond acceptors (Lipinski definition) is 8. The van der Waals surface area contributed by atoms with Crippen LogP contribution in [0, 0.1) is 0 Å². The molecule has 0 aromatic rings. The molecule has 1 unspecified atom stereocenters. The van der Waals surface area contributed by atoms with Gasteiger partial charge in [-0.3, -0.25) is 23.4 Å². The Morgan fingerprint density at radius 2 is 1.16 bits per heavy atom. The number of ether oxygens (including phenoxy) is 2. The van der Waals surface area contributed by atoms with E-state index in [-0.39, 0.29) is 31.8 Å². The molecule has 0 spiro atoms. The Labute approximate surface area is 345 Å². The lowest BCUT2D eigenvalue weighted by molar-refractivity contribution is -0.870. The van der Waals surface area contributed by atoms with Crippen LogP contribution in [0.3, 0.4) is 0 Å². The molecule has 0 aromatic carbocycles. The van der Waals surface area contributed by atoms with E-state index in [4.69, 9.17) is 18.5 Å². The first-order valence-corrected chi connectivity index (χ1v) is 22.4. The molecule has 0 radical (unpaired) electrons. The zero-order valence-electron chi connectivity index (χ0n) is 35.8. The van der Waals surface area contributed by atoms with Crippen LogP contribution < -0.4 is 0 Å². The molecule has 11 heteroatoms. The van der Waals surface area contributed by atoms with E-state index in [2.05, 4.69) is 74.6 Å². The predicted molar refractivity (Wildman–Crippen MR) is 233 cm³/mol. The number of hydrogen-bond donors (Lipinski definition) is 1. The number of rotatable bonds is 36. The number of quaternary nitrogens is 1. The smallest absolute Gasteiger partial charge is 0.462 e. The third-order valence-corrected chi connectivity index (χ3v) is 9.06. The van der Waals surface area contributed by atoms with Crippen LogP contribution in [0.4, 0.5) is 0 Å². The van der Waals surface area contributed by atoms with E-state index in [1.54, 1.807) is 12.2 Å². The number of carbonyl (C=O) groups is 3. The third-order valence-electron chi connectivity index (χ3n) is 8.07. The maximum absolute atomic E-state index is 12.6. The van der Waals surface area contributed by atoms with Crippen molar-refractivity contribution >= 4 is 25.5 Å². The molecule has 0 saturated carbocycles. The maximum atomic E-state index is 12.6. The molecule has 0 rings (SSSR count). The first kappa shape index (κ1) is 53.6. The van der Waals surface area contributed by atoms with Gasteiger partial charge >= 0.3 is 19.8 Å². The standard InChI is InChI=1S/C46H74NO9P/c1-6-8-10-11-12-13-14-15-16-17-20-24-27-30-34-38-46(50)56-44(42-55-57(51,52)54-40-39-47(3,4)5)41-53-45(49)37-33-29-26-23-21-18-19-22-25-28-32-36-43(48)35-31-9-7-2/h8,10,12-13,15-16,18-20,23-26,28,32,36,44H,6-7,9,11,14,17,21-22,27,29-31,33-35,37-42H2,1-5H3/p+1/b10-8-,13-12-,16-15-,19-18-,24-20-,26-23-,28-25-,36-32+/t44-/m1/s1. The van der Waals surface area contributed by atoms with E-state index < -0.39 is 32.5 Å². The van der Waals surface area contributed by atoms with Gasteiger partial charge in [0.05, 0.1) is 27.7 Å². The van der Waals surface area contributed by atoms with Gasteiger partial charge in [-0.2, -0.15) is 0 Å². The highest BCUT2D eigenvalue weighted by atomic mass is 31.2. The van der Waals surface area contributed by atoms with Gasteiger partial charge in [0.1, 0.15) is 19.8 Å². The van der Waals surface area contributed by atoms with Crippen molar-refractivity contribution in [2.75, 3.05) is 47.5 Å². The summed E-state index contributed by atoms with van der Waals surface area (Å²) in [5.74, 6) is -0.794. The average Bonchev–Trinajstić information content (AvgIpc) is 3.15. The molecule has 0 aliphatic carbocycles. The number of esters is 2. The zero-order valence-corrected chi connectivity index (χ0v) is 36.7. The molecule has 57 heavy (non-hydrogen) atoms. The van der Waals surface area contributed by atoms with Crippen LogP contribution in [0.5, 0.6) is 0 Å². The Bertz CT molecular complexity index is 1350. The van der Waals surface area contributed by atoms with Crippen molar-refractivity contribution in [2.45, 2.75) is 129 Å². The van der Waals surface area contributed by atoms with Crippen molar-refractivity contribution < 1.29 is 46.8 Å². The topological polar surface area (TPSA) is 125 Å². The summed E-state index contributed by atoms with van der Waals surface area (Å²) in [7, 11) is 1.36. The van der Waals surface area contributed by atoms with Gasteiger partial charge in [0.25, 0.3) is 0 Å². The lowest BCUT2D eigenvalue weighted by Crippen LogP contribution is -2.37. The van der Waals surface area contributed by atoms with E-state index in [1.165, 1.54) is 0 Å². The quantitative estimate of drug-likeness (QED) is 0.0125. The van der Waals surface area contributed by atoms with Crippen molar-refractivity contribution in [3.05, 3.63) is 97.2 Å². The normalized spacial score (nSPS) is 14.5. The number of allylic oxidation sites excluding steroid dienone is 16. The van der Waals surface area contributed by atoms with Gasteiger partial charge in [-0.25, -0.2) is 4.57 Å². The van der Waals surface area contributed by atoms with Gasteiger partial charge in [-0.05, 0) is 83.1 Å². The van der Waals surface area contributed by atoms with E-state index >= 15 is 0 Å². The summed E-state index contributed by atoms with van der Waals surface area (Å²) in [6, 6.07) is 0. The van der Waals surface area contributed by atoms with Crippen LogP contribution in [-0.2, 0) is 37.5 Å². The molecule has 10 nitrogen and oxygen atoms in total. The summed E-state index contributed by atoms with van der Waals surface area (Å²) in [5, 5.41) is 0. The fraction of sp³-hybridized carbons (Fsp3) is 0.587. The Balaban J connectivity index is 4.62. The van der Waals surface area contributed by atoms with Crippen molar-refractivity contribution in [1.29, 1.82) is 0 Å². The highest BCUT2D eigenvalue weighted by Gasteiger charge is 2.27. The van der Waals surface area contributed by atoms with Crippen molar-refractivity contribution in [3.63, 3.8) is 0 Å². The molecule has 0 amide bonds. The number of nitrogens with zero attached hydrogens (tertiary/aromatic N) is 1. The first-order valence-electron chi connectivity index (χ1n) is 20.9. The maximum Gasteiger partial charge on any atom is 0.472 e. The summed E-state index contributed by atoms with van der Waals surface area (Å²) < 4.78 is 34.1. The zero-order chi connectivity index (χ0) is 42.3. The van der Waals surface area contributed by atoms with E-state index in [0.29, 0.717) is 36.7 Å². The number of unbranched alkanes of at least 4 members (excludes halogenated alkanes) is 5. The van der Waals surface area contributed by atoms with Crippen LogP contribution in [0.1, 0.15) is 123 Å². The van der Waals surface area contributed by atoms with Gasteiger partial charge < -0.3 is 18.9 Å². The SMILES string of the molecule is CC/C=C\C/C=C\C/C=C\C/C=C\CCCCC(=O)O[C@H](COC(=O)CCC/C=C\C/C=C\C/C=C\C=C\C(=O)CCCCC)COP(=O)(O)OCC[N+](C)(C)C. The molecule has 322 valence electrons. The summed E-state index contributed by atoms with van der Waals surface area (Å²) in [6.07, 6.45) is 44.5. The summed E-state index contributed by atoms with van der Waals surface area (Å²) >= 11 is 0. The molecule has 0 aliphatic rings. The Hall–Kier alpha value is -3.40. The number of ketones is 1. The van der Waals surface area contributed by atoms with E-state index in [1.807, 2.05) is 45.4 Å². The van der Waals surface area contributed by atoms with Crippen LogP contribution in [0.15, 0.2) is 97.2 Å². The predicted octanol–water partition coefficient (Wildman–Crippen LogP) is 11.0. The second kappa shape index (κ2) is 36.9. The Morgan fingerprint density at radius 3 is 1.75 bits per heavy atom. The molecular weight excluding hydrogens is 741 g/mol. The first-order chi connectivity index (χ1) is 27.4. The highest BCUT2D eigenvalue weighted by Crippen LogP contribution is 2.43. The largest absolute Gasteiger partial charge is 0.472 e. The number of phosphoric ester groups is 1. The monoisotopic (exact) mass is 817 g/mol. The molecule has 0 bridgehead atoms. The van der Waals surface area contributed by atoms with E-state index in [9.17, 15) is 23.8 Å². The molecule has 0 fully saturated rings. The van der Waals surface area contributed by atoms with Crippen molar-refractivity contribution in [3.8, 4) is 0 Å². The number of phosphoric acid groups is 1. The minimum Gasteiger partial charge on any atom is -0.462 e. The van der Waals surface area contributed by atoms with Crippen LogP contribution in [-0.4, -0.2) is 80.7 Å². The lowest BCUT2D eigenvalue weighted by atomic mass is 10.1. The molecule has 0 aromatic heterocycles. The van der Waals surface area contributed by atoms with Gasteiger partial charge in [0.2, 0.25) is 0 Å². The van der Waals surface area contributed by atoms with Gasteiger partial charge in [-0.1, -0.05) is 118 Å². The van der Waals surface area contributed by atoms with Gasteiger partial charge in [0, 0.05) is 19.3 Å². The lowest BCUT2D eigenvalue weighted by Gasteiger charge is -2.24. The summed E-state index contributed by atoms with van der Waals surface area (Å²) in [5.41, 5.74) is 0. The minimum atomic E-state index is -4.42. The second-order valence-corrected chi connectivity index (χ2v) is 16.1. The number of carbonyl (C=O) groups excluding carboxylic acids is 3. The van der Waals surface area contributed by atoms with Crippen LogP contribution in [0.2, 0.25) is 0 Å². The molecular formula is C46H75NO9P+. The van der Waals surface area contributed by atoms with Crippen LogP contribution in [0.25, 0.3) is 0 Å². The average molecular weight is 817 g/mol. The molecule has 1 N–H and O–H groups in total. The Morgan fingerprint density at radius 1 is 0.614 bits per heavy atom. The fourth-order valence-corrected chi connectivity index (χ4v) is 5.51. The third kappa shape index (κ3) is 40.6. The van der Waals surface area contributed by atoms with Gasteiger partial charge in [-0.15, -0.1) is 0 Å². The second-order valence-electron chi connectivity index (χ2n) is 14.7. The molecule has 0 aliphatic heterocycles.